The Hall–Kier alpha value is -1.09. The van der Waals surface area contributed by atoms with Gasteiger partial charge in [-0.2, -0.15) is 0 Å². The molecule has 1 amide bonds. The number of carbonyl (C=O) groups excluding carboxylic acids is 1. The van der Waals surface area contributed by atoms with Gasteiger partial charge in [-0.15, -0.1) is 0 Å². The average molecular weight is 223 g/mol. The molecule has 0 aromatic heterocycles. The lowest BCUT2D eigenvalue weighted by atomic mass is 10.1. The molecule has 1 rings (SSSR count). The van der Waals surface area contributed by atoms with Crippen LogP contribution in [0, 0.1) is 0 Å². The van der Waals surface area contributed by atoms with Crippen LogP contribution in [0.5, 0.6) is 0 Å². The molecule has 0 bridgehead atoms. The number of hydrogen-bond acceptors (Lipinski definition) is 2. The molecular weight excluding hydrogens is 202 g/mol. The van der Waals surface area contributed by atoms with Gasteiger partial charge in [-0.3, -0.25) is 4.79 Å². The Kier molecular flexibility index (Phi) is 5.86. The molecule has 90 valence electrons. The molecule has 1 N–H and O–H groups in total. The number of carbonyl (C=O) groups is 1. The molecule has 1 fully saturated rings. The third-order valence-corrected chi connectivity index (χ3v) is 2.90. The summed E-state index contributed by atoms with van der Waals surface area (Å²) in [5.74, 6) is 0.0959. The lowest BCUT2D eigenvalue weighted by molar-refractivity contribution is -0.126. The number of nitrogens with zero attached hydrogens (tertiary/aromatic N) is 1. The van der Waals surface area contributed by atoms with Gasteiger partial charge in [-0.05, 0) is 32.6 Å². The maximum absolute atomic E-state index is 11.8. The van der Waals surface area contributed by atoms with Gasteiger partial charge in [0.15, 0.2) is 0 Å². The third kappa shape index (κ3) is 3.81. The van der Waals surface area contributed by atoms with E-state index in [-0.39, 0.29) is 12.5 Å². The molecule has 3 heteroatoms. The Labute approximate surface area is 97.4 Å². The largest absolute Gasteiger partial charge is 0.396 e. The molecule has 0 aromatic rings. The zero-order valence-electron chi connectivity index (χ0n) is 9.93. The van der Waals surface area contributed by atoms with Gasteiger partial charge in [0, 0.05) is 25.3 Å². The molecule has 0 radical (unpaired) electrons. The summed E-state index contributed by atoms with van der Waals surface area (Å²) in [7, 11) is 0. The highest BCUT2D eigenvalue weighted by atomic mass is 16.3. The fourth-order valence-corrected chi connectivity index (χ4v) is 2.10. The summed E-state index contributed by atoms with van der Waals surface area (Å²) in [4.78, 5) is 13.8. The van der Waals surface area contributed by atoms with Crippen LogP contribution in [-0.2, 0) is 4.79 Å². The summed E-state index contributed by atoms with van der Waals surface area (Å²) in [5, 5.41) is 8.80. The van der Waals surface area contributed by atoms with Gasteiger partial charge < -0.3 is 10.0 Å². The summed E-state index contributed by atoms with van der Waals surface area (Å²) in [6.07, 6.45) is 11.0. The molecule has 1 aliphatic rings. The fourth-order valence-electron chi connectivity index (χ4n) is 2.10. The fraction of sp³-hybridized carbons (Fsp3) is 0.615. The maximum atomic E-state index is 11.8. The molecule has 0 aromatic carbocycles. The first-order valence-electron chi connectivity index (χ1n) is 6.00. The zero-order valence-corrected chi connectivity index (χ0v) is 9.93. The van der Waals surface area contributed by atoms with Crippen LogP contribution >= 0.6 is 0 Å². The topological polar surface area (TPSA) is 40.5 Å². The maximum Gasteiger partial charge on any atom is 0.246 e. The van der Waals surface area contributed by atoms with E-state index < -0.39 is 0 Å². The molecule has 0 aliphatic carbocycles. The van der Waals surface area contributed by atoms with Gasteiger partial charge in [-0.1, -0.05) is 18.2 Å². The molecule has 3 nitrogen and oxygen atoms in total. The minimum atomic E-state index is 0.0959. The van der Waals surface area contributed by atoms with E-state index in [9.17, 15) is 4.79 Å². The van der Waals surface area contributed by atoms with E-state index >= 15 is 0 Å². The lowest BCUT2D eigenvalue weighted by Crippen LogP contribution is -2.34. The van der Waals surface area contributed by atoms with Crippen LogP contribution < -0.4 is 0 Å². The second-order valence-corrected chi connectivity index (χ2v) is 4.08. The first-order valence-corrected chi connectivity index (χ1v) is 6.00. The van der Waals surface area contributed by atoms with Crippen molar-refractivity contribution < 1.29 is 9.90 Å². The van der Waals surface area contributed by atoms with E-state index in [1.165, 1.54) is 0 Å². The number of aliphatic hydroxyl groups is 1. The highest BCUT2D eigenvalue weighted by molar-refractivity contribution is 5.88. The van der Waals surface area contributed by atoms with Gasteiger partial charge in [0.05, 0.1) is 0 Å². The van der Waals surface area contributed by atoms with Crippen molar-refractivity contribution in [3.8, 4) is 0 Å². The molecular formula is C13H21NO2. The predicted octanol–water partition coefficient (Wildman–Crippen LogP) is 1.88. The van der Waals surface area contributed by atoms with Crippen molar-refractivity contribution in [2.24, 2.45) is 0 Å². The van der Waals surface area contributed by atoms with Crippen LogP contribution in [0.3, 0.4) is 0 Å². The minimum absolute atomic E-state index is 0.0959. The molecule has 0 saturated carbocycles. The van der Waals surface area contributed by atoms with E-state index in [2.05, 4.69) is 0 Å². The van der Waals surface area contributed by atoms with Gasteiger partial charge in [-0.25, -0.2) is 0 Å². The van der Waals surface area contributed by atoms with Crippen LogP contribution in [0.4, 0.5) is 0 Å². The van der Waals surface area contributed by atoms with E-state index in [4.69, 9.17) is 5.11 Å². The zero-order chi connectivity index (χ0) is 11.8. The van der Waals surface area contributed by atoms with Crippen LogP contribution in [0.1, 0.15) is 32.6 Å². The van der Waals surface area contributed by atoms with E-state index in [0.717, 1.165) is 32.2 Å². The second kappa shape index (κ2) is 7.23. The second-order valence-electron chi connectivity index (χ2n) is 4.08. The van der Waals surface area contributed by atoms with Crippen molar-refractivity contribution in [2.45, 2.75) is 38.6 Å². The highest BCUT2D eigenvalue weighted by Crippen LogP contribution is 2.21. The Morgan fingerprint density at radius 1 is 1.50 bits per heavy atom. The Balaban J connectivity index is 2.47. The summed E-state index contributed by atoms with van der Waals surface area (Å²) < 4.78 is 0. The minimum Gasteiger partial charge on any atom is -0.396 e. The van der Waals surface area contributed by atoms with Crippen LogP contribution in [-0.4, -0.2) is 35.1 Å². The lowest BCUT2D eigenvalue weighted by Gasteiger charge is -2.23. The van der Waals surface area contributed by atoms with Gasteiger partial charge in [0.1, 0.15) is 0 Å². The summed E-state index contributed by atoms with van der Waals surface area (Å²) in [6.45, 7) is 3.00. The van der Waals surface area contributed by atoms with E-state index in [1.807, 2.05) is 24.0 Å². The van der Waals surface area contributed by atoms with Gasteiger partial charge in [0.2, 0.25) is 5.91 Å². The number of aliphatic hydroxyl groups excluding tert-OH is 1. The quantitative estimate of drug-likeness (QED) is 0.571. The number of hydrogen-bond donors (Lipinski definition) is 1. The first-order chi connectivity index (χ1) is 7.79. The molecule has 16 heavy (non-hydrogen) atoms. The Bertz CT molecular complexity index is 271. The number of allylic oxidation sites excluding steroid dienone is 3. The standard InChI is InChI=1S/C13H21NO2/c1-2-3-4-9-13(16)14-10-5-7-12(14)8-6-11-15/h2-4,9,12,15H,5-8,10-11H2,1H3. The first kappa shape index (κ1) is 13.0. The Morgan fingerprint density at radius 3 is 3.00 bits per heavy atom. The summed E-state index contributed by atoms with van der Waals surface area (Å²) >= 11 is 0. The number of rotatable bonds is 5. The van der Waals surface area contributed by atoms with E-state index in [0.29, 0.717) is 6.04 Å². The van der Waals surface area contributed by atoms with Crippen molar-refractivity contribution in [1.29, 1.82) is 0 Å². The number of amides is 1. The van der Waals surface area contributed by atoms with Crippen molar-refractivity contribution in [3.63, 3.8) is 0 Å². The van der Waals surface area contributed by atoms with Crippen molar-refractivity contribution in [1.82, 2.24) is 4.90 Å². The molecule has 1 saturated heterocycles. The number of likely N-dealkylation sites (tertiary alicyclic amines) is 1. The molecule has 1 atom stereocenters. The van der Waals surface area contributed by atoms with Crippen LogP contribution in [0.15, 0.2) is 24.3 Å². The summed E-state index contributed by atoms with van der Waals surface area (Å²) in [6, 6.07) is 0.329. The van der Waals surface area contributed by atoms with Crippen LogP contribution in [0.2, 0.25) is 0 Å². The van der Waals surface area contributed by atoms with Crippen LogP contribution in [0.25, 0.3) is 0 Å². The predicted molar refractivity (Wildman–Crippen MR) is 65.0 cm³/mol. The van der Waals surface area contributed by atoms with Crippen molar-refractivity contribution in [2.75, 3.05) is 13.2 Å². The smallest absolute Gasteiger partial charge is 0.246 e. The van der Waals surface area contributed by atoms with Crippen molar-refractivity contribution in [3.05, 3.63) is 24.3 Å². The van der Waals surface area contributed by atoms with Gasteiger partial charge in [0.25, 0.3) is 0 Å². The van der Waals surface area contributed by atoms with E-state index in [1.54, 1.807) is 12.2 Å². The monoisotopic (exact) mass is 223 g/mol. The average Bonchev–Trinajstić information content (AvgIpc) is 2.74. The SMILES string of the molecule is CC=CC=CC(=O)N1CCCC1CCCO. The normalized spacial score (nSPS) is 21.4. The Morgan fingerprint density at radius 2 is 2.31 bits per heavy atom. The molecule has 0 spiro atoms. The summed E-state index contributed by atoms with van der Waals surface area (Å²) in [5.41, 5.74) is 0. The molecule has 1 aliphatic heterocycles. The molecule has 1 heterocycles. The van der Waals surface area contributed by atoms with Crippen molar-refractivity contribution >= 4 is 5.91 Å². The van der Waals surface area contributed by atoms with Gasteiger partial charge >= 0.3 is 0 Å². The third-order valence-electron chi connectivity index (χ3n) is 2.90. The molecule has 1 unspecified atom stereocenters. The highest BCUT2D eigenvalue weighted by Gasteiger charge is 2.26.